The average Bonchev–Trinajstić information content (AvgIpc) is 2.55. The lowest BCUT2D eigenvalue weighted by molar-refractivity contribution is 0.154. The molecule has 0 spiro atoms. The fraction of sp³-hybridized carbons (Fsp3) is 0.588. The molecule has 0 fully saturated rings. The van der Waals surface area contributed by atoms with Gasteiger partial charge in [-0.25, -0.2) is 8.42 Å². The molecule has 1 rings (SSSR count). The number of methoxy groups -OCH3 is 1. The predicted octanol–water partition coefficient (Wildman–Crippen LogP) is 1.29. The largest absolute Gasteiger partial charge is 0.496 e. The van der Waals surface area contributed by atoms with Gasteiger partial charge in [0.1, 0.15) is 15.6 Å². The summed E-state index contributed by atoms with van der Waals surface area (Å²) in [6.45, 7) is 5.20. The summed E-state index contributed by atoms with van der Waals surface area (Å²) in [5, 5.41) is 6.45. The smallest absolute Gasteiger partial charge is 0.191 e. The Balaban J connectivity index is 2.47. The van der Waals surface area contributed by atoms with Gasteiger partial charge in [0.05, 0.1) is 32.1 Å². The van der Waals surface area contributed by atoms with E-state index in [1.165, 1.54) is 6.26 Å². The predicted molar refractivity (Wildman–Crippen MR) is 101 cm³/mol. The molecule has 0 saturated heterocycles. The fourth-order valence-electron chi connectivity index (χ4n) is 2.22. The van der Waals surface area contributed by atoms with Gasteiger partial charge in [0, 0.05) is 25.4 Å². The Kier molecular flexibility index (Phi) is 8.71. The summed E-state index contributed by atoms with van der Waals surface area (Å²) in [7, 11) is 0.367. The van der Waals surface area contributed by atoms with Crippen LogP contribution in [0.3, 0.4) is 0 Å². The Bertz CT molecular complexity index is 674. The van der Waals surface area contributed by atoms with E-state index in [1.54, 1.807) is 14.2 Å². The molecule has 0 amide bonds. The molecule has 1 aromatic rings. The highest BCUT2D eigenvalue weighted by Crippen LogP contribution is 2.25. The Morgan fingerprint density at radius 2 is 2.04 bits per heavy atom. The molecule has 0 aromatic heterocycles. The lowest BCUT2D eigenvalue weighted by Crippen LogP contribution is -2.40. The van der Waals surface area contributed by atoms with E-state index in [1.807, 2.05) is 26.0 Å². The first kappa shape index (κ1) is 21.2. The highest BCUT2D eigenvalue weighted by molar-refractivity contribution is 7.90. The SMILES string of the molecule is CN=C(NCCOCCS(C)(=O)=O)NC(C)c1cc(C)ccc1OC. The van der Waals surface area contributed by atoms with Crippen LogP contribution >= 0.6 is 0 Å². The van der Waals surface area contributed by atoms with Gasteiger partial charge in [-0.15, -0.1) is 0 Å². The maximum atomic E-state index is 11.0. The Morgan fingerprint density at radius 3 is 2.64 bits per heavy atom. The van der Waals surface area contributed by atoms with E-state index >= 15 is 0 Å². The third-order valence-corrected chi connectivity index (χ3v) is 4.47. The van der Waals surface area contributed by atoms with E-state index in [4.69, 9.17) is 9.47 Å². The Morgan fingerprint density at radius 1 is 1.32 bits per heavy atom. The molecular weight excluding hydrogens is 342 g/mol. The maximum Gasteiger partial charge on any atom is 0.191 e. The number of benzene rings is 1. The number of nitrogens with zero attached hydrogens (tertiary/aromatic N) is 1. The number of sulfone groups is 1. The minimum Gasteiger partial charge on any atom is -0.496 e. The number of rotatable bonds is 9. The van der Waals surface area contributed by atoms with Crippen molar-refractivity contribution in [3.8, 4) is 5.75 Å². The normalized spacial score (nSPS) is 13.4. The van der Waals surface area contributed by atoms with Crippen LogP contribution in [0.1, 0.15) is 24.1 Å². The first-order valence-electron chi connectivity index (χ1n) is 8.14. The minimum absolute atomic E-state index is 0.00667. The molecule has 0 radical (unpaired) electrons. The van der Waals surface area contributed by atoms with Crippen LogP contribution in [-0.2, 0) is 14.6 Å². The van der Waals surface area contributed by atoms with Crippen LogP contribution in [-0.4, -0.2) is 60.3 Å². The highest BCUT2D eigenvalue weighted by atomic mass is 32.2. The minimum atomic E-state index is -2.98. The zero-order valence-corrected chi connectivity index (χ0v) is 16.4. The second-order valence-electron chi connectivity index (χ2n) is 5.85. The molecule has 1 unspecified atom stereocenters. The maximum absolute atomic E-state index is 11.0. The fourth-order valence-corrected chi connectivity index (χ4v) is 2.64. The summed E-state index contributed by atoms with van der Waals surface area (Å²) in [6.07, 6.45) is 1.20. The van der Waals surface area contributed by atoms with Gasteiger partial charge in [-0.2, -0.15) is 0 Å². The summed E-state index contributed by atoms with van der Waals surface area (Å²) < 4.78 is 32.8. The monoisotopic (exact) mass is 371 g/mol. The first-order chi connectivity index (χ1) is 11.8. The van der Waals surface area contributed by atoms with E-state index in [9.17, 15) is 8.42 Å². The molecule has 1 aromatic carbocycles. The summed E-state index contributed by atoms with van der Waals surface area (Å²) in [5.74, 6) is 1.50. The molecule has 0 heterocycles. The van der Waals surface area contributed by atoms with Crippen LogP contribution in [0.5, 0.6) is 5.75 Å². The second-order valence-corrected chi connectivity index (χ2v) is 8.11. The van der Waals surface area contributed by atoms with Gasteiger partial charge in [-0.05, 0) is 19.9 Å². The summed E-state index contributed by atoms with van der Waals surface area (Å²) >= 11 is 0. The van der Waals surface area contributed by atoms with Crippen LogP contribution < -0.4 is 15.4 Å². The van der Waals surface area contributed by atoms with Crippen molar-refractivity contribution in [1.82, 2.24) is 10.6 Å². The van der Waals surface area contributed by atoms with Crippen LogP contribution in [0.4, 0.5) is 0 Å². The molecule has 25 heavy (non-hydrogen) atoms. The Hall–Kier alpha value is -1.80. The van der Waals surface area contributed by atoms with E-state index < -0.39 is 9.84 Å². The topological polar surface area (TPSA) is 89.0 Å². The number of ether oxygens (including phenoxy) is 2. The summed E-state index contributed by atoms with van der Waals surface area (Å²) in [6, 6.07) is 6.05. The molecule has 7 nitrogen and oxygen atoms in total. The summed E-state index contributed by atoms with van der Waals surface area (Å²) in [5.41, 5.74) is 2.21. The van der Waals surface area contributed by atoms with Gasteiger partial charge in [-0.1, -0.05) is 17.7 Å². The number of hydrogen-bond acceptors (Lipinski definition) is 5. The molecule has 0 aliphatic rings. The highest BCUT2D eigenvalue weighted by Gasteiger charge is 2.13. The molecular formula is C17H29N3O4S. The van der Waals surface area contributed by atoms with E-state index in [-0.39, 0.29) is 18.4 Å². The van der Waals surface area contributed by atoms with Crippen LogP contribution in [0.15, 0.2) is 23.2 Å². The van der Waals surface area contributed by atoms with Gasteiger partial charge in [-0.3, -0.25) is 4.99 Å². The standard InChI is InChI=1S/C17H29N3O4S/c1-13-6-7-16(23-4)15(12-13)14(2)20-17(18-3)19-8-9-24-10-11-25(5,21)22/h6-7,12,14H,8-11H2,1-5H3,(H2,18,19,20). The zero-order valence-electron chi connectivity index (χ0n) is 15.6. The van der Waals surface area contributed by atoms with Crippen molar-refractivity contribution in [2.24, 2.45) is 4.99 Å². The van der Waals surface area contributed by atoms with Crippen molar-refractivity contribution in [2.75, 3.05) is 45.9 Å². The van der Waals surface area contributed by atoms with Crippen molar-refractivity contribution in [3.63, 3.8) is 0 Å². The van der Waals surface area contributed by atoms with Crippen molar-refractivity contribution in [1.29, 1.82) is 0 Å². The number of guanidine groups is 1. The molecule has 0 bridgehead atoms. The van der Waals surface area contributed by atoms with Gasteiger partial charge in [0.15, 0.2) is 5.96 Å². The lowest BCUT2D eigenvalue weighted by atomic mass is 10.0. The van der Waals surface area contributed by atoms with Crippen molar-refractivity contribution >= 4 is 15.8 Å². The van der Waals surface area contributed by atoms with Crippen molar-refractivity contribution in [3.05, 3.63) is 29.3 Å². The van der Waals surface area contributed by atoms with Crippen molar-refractivity contribution < 1.29 is 17.9 Å². The Labute approximate surface area is 150 Å². The summed E-state index contributed by atoms with van der Waals surface area (Å²) in [4.78, 5) is 4.19. The molecule has 0 aliphatic carbocycles. The zero-order chi connectivity index (χ0) is 18.9. The lowest BCUT2D eigenvalue weighted by Gasteiger charge is -2.20. The van der Waals surface area contributed by atoms with E-state index in [0.29, 0.717) is 19.1 Å². The second kappa shape index (κ2) is 10.2. The number of aliphatic imine (C=N–C) groups is 1. The van der Waals surface area contributed by atoms with Gasteiger partial charge in [0.25, 0.3) is 0 Å². The molecule has 0 aliphatic heterocycles. The van der Waals surface area contributed by atoms with Crippen molar-refractivity contribution in [2.45, 2.75) is 19.9 Å². The van der Waals surface area contributed by atoms with Crippen LogP contribution in [0.2, 0.25) is 0 Å². The van der Waals surface area contributed by atoms with Gasteiger partial charge in [0.2, 0.25) is 0 Å². The number of hydrogen-bond donors (Lipinski definition) is 2. The first-order valence-corrected chi connectivity index (χ1v) is 10.2. The third kappa shape index (κ3) is 8.22. The van der Waals surface area contributed by atoms with E-state index in [0.717, 1.165) is 16.9 Å². The number of aryl methyl sites for hydroxylation is 1. The van der Waals surface area contributed by atoms with E-state index in [2.05, 4.69) is 21.7 Å². The number of nitrogens with one attached hydrogen (secondary N) is 2. The quantitative estimate of drug-likeness (QED) is 0.386. The van der Waals surface area contributed by atoms with Crippen LogP contribution in [0.25, 0.3) is 0 Å². The average molecular weight is 372 g/mol. The molecule has 8 heteroatoms. The van der Waals surface area contributed by atoms with Gasteiger partial charge < -0.3 is 20.1 Å². The molecule has 142 valence electrons. The van der Waals surface area contributed by atoms with Crippen LogP contribution in [0, 0.1) is 6.92 Å². The molecule has 2 N–H and O–H groups in total. The van der Waals surface area contributed by atoms with Gasteiger partial charge >= 0.3 is 0 Å². The molecule has 0 saturated carbocycles. The molecule has 1 atom stereocenters. The third-order valence-electron chi connectivity index (χ3n) is 3.57.